The van der Waals surface area contributed by atoms with Crippen molar-refractivity contribution in [2.45, 2.75) is 19.9 Å². The van der Waals surface area contributed by atoms with Gasteiger partial charge >= 0.3 is 0 Å². The summed E-state index contributed by atoms with van der Waals surface area (Å²) in [5, 5.41) is 19.3. The second-order valence-electron chi connectivity index (χ2n) is 9.36. The Labute approximate surface area is 202 Å². The molecule has 1 saturated heterocycles. The molecule has 0 radical (unpaired) electrons. The quantitative estimate of drug-likeness (QED) is 0.398. The van der Waals surface area contributed by atoms with Crippen molar-refractivity contribution in [3.63, 3.8) is 0 Å². The molecule has 174 valence electrons. The molecule has 6 nitrogen and oxygen atoms in total. The number of halogens is 1. The Morgan fingerprint density at radius 2 is 1.97 bits per heavy atom. The fourth-order valence-electron chi connectivity index (χ4n) is 5.33. The number of rotatable bonds is 4. The van der Waals surface area contributed by atoms with Gasteiger partial charge in [-0.3, -0.25) is 9.67 Å². The highest BCUT2D eigenvalue weighted by Gasteiger charge is 2.20. The molecule has 0 aliphatic carbocycles. The maximum absolute atomic E-state index is 14.7. The van der Waals surface area contributed by atoms with Gasteiger partial charge in [0.25, 0.3) is 0 Å². The Bertz CT molecular complexity index is 1630. The van der Waals surface area contributed by atoms with Crippen LogP contribution in [0.5, 0.6) is 0 Å². The lowest BCUT2D eigenvalue weighted by Gasteiger charge is -2.15. The summed E-state index contributed by atoms with van der Waals surface area (Å²) in [6, 6.07) is 15.0. The minimum atomic E-state index is -0.525. The van der Waals surface area contributed by atoms with Crippen molar-refractivity contribution in [1.82, 2.24) is 24.6 Å². The summed E-state index contributed by atoms with van der Waals surface area (Å²) in [5.41, 5.74) is 6.37. The molecule has 6 rings (SSSR count). The number of hydrogen-bond donors (Lipinski definition) is 1. The number of nitriles is 1. The van der Waals surface area contributed by atoms with E-state index < -0.39 is 5.82 Å². The zero-order valence-corrected chi connectivity index (χ0v) is 19.7. The Balaban J connectivity index is 1.57. The van der Waals surface area contributed by atoms with E-state index in [1.165, 1.54) is 6.07 Å². The van der Waals surface area contributed by atoms with Gasteiger partial charge < -0.3 is 9.88 Å². The molecule has 5 aromatic rings. The smallest absolute Gasteiger partial charge is 0.141 e. The van der Waals surface area contributed by atoms with Gasteiger partial charge in [0.2, 0.25) is 0 Å². The molecule has 1 N–H and O–H groups in total. The molecule has 1 aliphatic rings. The van der Waals surface area contributed by atoms with Crippen molar-refractivity contribution in [2.75, 3.05) is 13.1 Å². The number of pyridine rings is 1. The van der Waals surface area contributed by atoms with E-state index in [0.717, 1.165) is 70.4 Å². The number of nitrogens with zero attached hydrogens (tertiary/aromatic N) is 5. The predicted octanol–water partition coefficient (Wildman–Crippen LogP) is 5.19. The third-order valence-corrected chi connectivity index (χ3v) is 7.13. The van der Waals surface area contributed by atoms with Crippen LogP contribution >= 0.6 is 0 Å². The van der Waals surface area contributed by atoms with Crippen LogP contribution in [0, 0.1) is 30.0 Å². The van der Waals surface area contributed by atoms with Crippen molar-refractivity contribution in [3.05, 3.63) is 71.9 Å². The van der Waals surface area contributed by atoms with Crippen LogP contribution in [0.2, 0.25) is 0 Å². The monoisotopic (exact) mass is 464 g/mol. The molecular weight excluding hydrogens is 439 g/mol. The third kappa shape index (κ3) is 3.58. The fourth-order valence-corrected chi connectivity index (χ4v) is 5.33. The lowest BCUT2D eigenvalue weighted by atomic mass is 9.94. The summed E-state index contributed by atoms with van der Waals surface area (Å²) >= 11 is 0. The van der Waals surface area contributed by atoms with E-state index in [4.69, 9.17) is 4.98 Å². The molecule has 2 aromatic carbocycles. The van der Waals surface area contributed by atoms with E-state index in [9.17, 15) is 9.65 Å². The van der Waals surface area contributed by atoms with E-state index in [1.54, 1.807) is 6.07 Å². The standard InChI is InChI=1S/C28H25FN6/c1-17-23-11-20(5-6-25(23)34(2)33-17)28-27(19-3-4-21(13-30)24(29)12-19)22-8-10-35(26(22)15-32-28)16-18-7-9-31-14-18/h3-6,8,10-12,15,18,31H,7,9,14,16H2,1-2H3. The van der Waals surface area contributed by atoms with Crippen molar-refractivity contribution in [1.29, 1.82) is 5.26 Å². The van der Waals surface area contributed by atoms with Crippen molar-refractivity contribution in [3.8, 4) is 28.5 Å². The lowest BCUT2D eigenvalue weighted by Crippen LogP contribution is -2.14. The maximum Gasteiger partial charge on any atom is 0.141 e. The van der Waals surface area contributed by atoms with Gasteiger partial charge in [0.15, 0.2) is 0 Å². The molecular formula is C28H25FN6. The van der Waals surface area contributed by atoms with Crippen LogP contribution < -0.4 is 5.32 Å². The SMILES string of the molecule is Cc1nn(C)c2ccc(-c3ncc4c(ccn4CC4CCNC4)c3-c3ccc(C#N)c(F)c3)cc12. The van der Waals surface area contributed by atoms with Crippen molar-refractivity contribution >= 4 is 21.8 Å². The molecule has 0 bridgehead atoms. The van der Waals surface area contributed by atoms with Gasteiger partial charge in [-0.2, -0.15) is 10.4 Å². The number of fused-ring (bicyclic) bond motifs is 2. The molecule has 1 atom stereocenters. The number of hydrogen-bond acceptors (Lipinski definition) is 4. The fraction of sp³-hybridized carbons (Fsp3) is 0.250. The Hall–Kier alpha value is -4.02. The first kappa shape index (κ1) is 21.5. The third-order valence-electron chi connectivity index (χ3n) is 7.13. The van der Waals surface area contributed by atoms with Crippen molar-refractivity contribution < 1.29 is 4.39 Å². The van der Waals surface area contributed by atoms with Gasteiger partial charge in [-0.1, -0.05) is 12.1 Å². The first-order valence-electron chi connectivity index (χ1n) is 11.9. The van der Waals surface area contributed by atoms with Crippen LogP contribution in [0.15, 0.2) is 54.9 Å². The molecule has 1 aliphatic heterocycles. The average Bonchev–Trinajstić information content (AvgIpc) is 3.59. The Morgan fingerprint density at radius 1 is 1.11 bits per heavy atom. The molecule has 0 saturated carbocycles. The van der Waals surface area contributed by atoms with Crippen LogP contribution in [0.3, 0.4) is 0 Å². The van der Waals surface area contributed by atoms with Gasteiger partial charge in [0, 0.05) is 41.7 Å². The zero-order chi connectivity index (χ0) is 24.1. The number of benzene rings is 2. The zero-order valence-electron chi connectivity index (χ0n) is 19.7. The van der Waals surface area contributed by atoms with E-state index in [2.05, 4.69) is 39.4 Å². The molecule has 4 heterocycles. The number of nitrogens with one attached hydrogen (secondary N) is 1. The topological polar surface area (TPSA) is 71.5 Å². The van der Waals surface area contributed by atoms with E-state index in [1.807, 2.05) is 43.1 Å². The number of aromatic nitrogens is 4. The summed E-state index contributed by atoms with van der Waals surface area (Å²) in [7, 11) is 1.94. The van der Waals surface area contributed by atoms with Gasteiger partial charge in [0.05, 0.1) is 34.2 Å². The number of aryl methyl sites for hydroxylation is 2. The van der Waals surface area contributed by atoms with Crippen LogP contribution in [0.1, 0.15) is 17.7 Å². The minimum absolute atomic E-state index is 0.0362. The highest BCUT2D eigenvalue weighted by atomic mass is 19.1. The van der Waals surface area contributed by atoms with Gasteiger partial charge in [-0.25, -0.2) is 4.39 Å². The molecule has 3 aromatic heterocycles. The van der Waals surface area contributed by atoms with Gasteiger partial charge in [0.1, 0.15) is 11.9 Å². The molecule has 1 fully saturated rings. The lowest BCUT2D eigenvalue weighted by molar-refractivity contribution is 0.491. The van der Waals surface area contributed by atoms with Gasteiger partial charge in [-0.05, 0) is 68.2 Å². The summed E-state index contributed by atoms with van der Waals surface area (Å²) in [5.74, 6) is 0.0556. The summed E-state index contributed by atoms with van der Waals surface area (Å²) in [4.78, 5) is 4.93. The second kappa shape index (κ2) is 8.33. The first-order valence-corrected chi connectivity index (χ1v) is 11.9. The highest BCUT2D eigenvalue weighted by molar-refractivity contribution is 6.02. The largest absolute Gasteiger partial charge is 0.346 e. The summed E-state index contributed by atoms with van der Waals surface area (Å²) in [6.07, 6.45) is 5.19. The van der Waals surface area contributed by atoms with Crippen LogP contribution in [0.25, 0.3) is 44.2 Å². The average molecular weight is 465 g/mol. The summed E-state index contributed by atoms with van der Waals surface area (Å²) < 4.78 is 18.9. The summed E-state index contributed by atoms with van der Waals surface area (Å²) in [6.45, 7) is 4.98. The first-order chi connectivity index (χ1) is 17.0. The van der Waals surface area contributed by atoms with Crippen LogP contribution in [-0.2, 0) is 13.6 Å². The molecule has 7 heteroatoms. The van der Waals surface area contributed by atoms with Crippen LogP contribution in [0.4, 0.5) is 4.39 Å². The maximum atomic E-state index is 14.7. The molecule has 1 unspecified atom stereocenters. The second-order valence-corrected chi connectivity index (χ2v) is 9.36. The van der Waals surface area contributed by atoms with Gasteiger partial charge in [-0.15, -0.1) is 0 Å². The molecule has 0 amide bonds. The highest BCUT2D eigenvalue weighted by Crippen LogP contribution is 2.39. The molecule has 35 heavy (non-hydrogen) atoms. The van der Waals surface area contributed by atoms with E-state index in [0.29, 0.717) is 11.5 Å². The van der Waals surface area contributed by atoms with E-state index in [-0.39, 0.29) is 5.56 Å². The van der Waals surface area contributed by atoms with Crippen molar-refractivity contribution in [2.24, 2.45) is 13.0 Å². The van der Waals surface area contributed by atoms with E-state index >= 15 is 0 Å². The van der Waals surface area contributed by atoms with Crippen LogP contribution in [-0.4, -0.2) is 32.4 Å². The predicted molar refractivity (Wildman–Crippen MR) is 135 cm³/mol. The molecule has 0 spiro atoms. The normalized spacial score (nSPS) is 15.8. The minimum Gasteiger partial charge on any atom is -0.346 e. The Morgan fingerprint density at radius 3 is 2.74 bits per heavy atom. The Kier molecular flexibility index (Phi) is 5.12.